The zero-order chi connectivity index (χ0) is 9.73. The first kappa shape index (κ1) is 10.5. The van der Waals surface area contributed by atoms with Crippen molar-refractivity contribution in [1.82, 2.24) is 0 Å². The van der Waals surface area contributed by atoms with E-state index >= 15 is 0 Å². The molecule has 0 bridgehead atoms. The number of hydrogen-bond acceptors (Lipinski definition) is 1. The van der Waals surface area contributed by atoms with Gasteiger partial charge in [0, 0.05) is 0 Å². The third kappa shape index (κ3) is 3.00. The molecule has 0 aromatic carbocycles. The first-order valence-electron chi connectivity index (χ1n) is 5.08. The molecule has 0 radical (unpaired) electrons. The summed E-state index contributed by atoms with van der Waals surface area (Å²) in [6.45, 7) is 9.05. The summed E-state index contributed by atoms with van der Waals surface area (Å²) in [5, 5.41) is 0. The minimum atomic E-state index is 0.0463. The van der Waals surface area contributed by atoms with E-state index in [1.54, 1.807) is 0 Å². The average molecular weight is 180 g/mol. The molecule has 1 heterocycles. The summed E-state index contributed by atoms with van der Waals surface area (Å²) in [6.07, 6.45) is 9.44. The van der Waals surface area contributed by atoms with Crippen LogP contribution in [0.1, 0.15) is 33.1 Å². The molecule has 0 aromatic heterocycles. The van der Waals surface area contributed by atoms with Crippen LogP contribution in [0.3, 0.4) is 0 Å². The largest absolute Gasteiger partial charge is 0.370 e. The fourth-order valence-electron chi connectivity index (χ4n) is 2.02. The van der Waals surface area contributed by atoms with Crippen LogP contribution in [-0.4, -0.2) is 12.2 Å². The molecule has 1 aliphatic rings. The highest BCUT2D eigenvalue weighted by Gasteiger charge is 2.30. The Kier molecular flexibility index (Phi) is 3.73. The van der Waals surface area contributed by atoms with Crippen molar-refractivity contribution in [2.75, 3.05) is 6.61 Å². The second-order valence-corrected chi connectivity index (χ2v) is 4.26. The Bertz CT molecular complexity index is 193. The molecule has 0 aliphatic carbocycles. The smallest absolute Gasteiger partial charge is 0.0757 e. The predicted molar refractivity (Wildman–Crippen MR) is 56.7 cm³/mol. The Labute approximate surface area is 81.5 Å². The van der Waals surface area contributed by atoms with E-state index < -0.39 is 0 Å². The van der Waals surface area contributed by atoms with Crippen LogP contribution < -0.4 is 0 Å². The van der Waals surface area contributed by atoms with Gasteiger partial charge in [0.15, 0.2) is 0 Å². The van der Waals surface area contributed by atoms with E-state index in [9.17, 15) is 0 Å². The van der Waals surface area contributed by atoms with E-state index in [0.29, 0.717) is 5.92 Å². The highest BCUT2D eigenvalue weighted by Crippen LogP contribution is 2.31. The minimum absolute atomic E-state index is 0.0463. The second-order valence-electron chi connectivity index (χ2n) is 4.26. The average Bonchev–Trinajstić information content (AvgIpc) is 2.04. The molecule has 1 heteroatoms. The summed E-state index contributed by atoms with van der Waals surface area (Å²) in [5.41, 5.74) is 0.0463. The minimum Gasteiger partial charge on any atom is -0.370 e. The van der Waals surface area contributed by atoms with Crippen LogP contribution in [-0.2, 0) is 4.74 Å². The molecule has 0 N–H and O–H groups in total. The van der Waals surface area contributed by atoms with Gasteiger partial charge in [-0.3, -0.25) is 0 Å². The highest BCUT2D eigenvalue weighted by atomic mass is 16.5. The lowest BCUT2D eigenvalue weighted by molar-refractivity contribution is -0.0484. The lowest BCUT2D eigenvalue weighted by Crippen LogP contribution is -2.35. The third-order valence-electron chi connectivity index (χ3n) is 2.44. The first-order chi connectivity index (χ1) is 6.18. The van der Waals surface area contributed by atoms with Crippen molar-refractivity contribution >= 4 is 0 Å². The number of hydrogen-bond donors (Lipinski definition) is 0. The molecule has 0 saturated heterocycles. The van der Waals surface area contributed by atoms with Crippen LogP contribution in [0.25, 0.3) is 0 Å². The summed E-state index contributed by atoms with van der Waals surface area (Å²) >= 11 is 0. The maximum Gasteiger partial charge on any atom is 0.0757 e. The Morgan fingerprint density at radius 3 is 2.77 bits per heavy atom. The van der Waals surface area contributed by atoms with E-state index in [0.717, 1.165) is 25.9 Å². The fourth-order valence-corrected chi connectivity index (χ4v) is 2.02. The summed E-state index contributed by atoms with van der Waals surface area (Å²) in [4.78, 5) is 0. The van der Waals surface area contributed by atoms with Crippen LogP contribution in [0, 0.1) is 5.92 Å². The quantitative estimate of drug-likeness (QED) is 0.603. The van der Waals surface area contributed by atoms with Gasteiger partial charge >= 0.3 is 0 Å². The molecule has 1 rings (SSSR count). The molecule has 0 saturated carbocycles. The van der Waals surface area contributed by atoms with Crippen molar-refractivity contribution in [2.45, 2.75) is 38.7 Å². The Morgan fingerprint density at radius 1 is 1.54 bits per heavy atom. The zero-order valence-corrected chi connectivity index (χ0v) is 8.75. The summed E-state index contributed by atoms with van der Waals surface area (Å²) in [7, 11) is 0. The van der Waals surface area contributed by atoms with Crippen molar-refractivity contribution in [3.63, 3.8) is 0 Å². The maximum atomic E-state index is 5.86. The molecular weight excluding hydrogens is 160 g/mol. The molecule has 74 valence electrons. The highest BCUT2D eigenvalue weighted by molar-refractivity contribution is 5.00. The standard InChI is InChI=1S/C12H20O/c1-4-7-12(10-11(2)3)8-5-6-9-13-12/h4-6,11H,1,7-10H2,2-3H3/t12-/m1/s1. The summed E-state index contributed by atoms with van der Waals surface area (Å²) < 4.78 is 5.86. The van der Waals surface area contributed by atoms with E-state index in [1.165, 1.54) is 0 Å². The molecular formula is C12H20O. The van der Waals surface area contributed by atoms with Crippen LogP contribution >= 0.6 is 0 Å². The molecule has 13 heavy (non-hydrogen) atoms. The SMILES string of the molecule is C=CC[C@]1(CC(C)C)CC=CCO1. The Morgan fingerprint density at radius 2 is 2.31 bits per heavy atom. The lowest BCUT2D eigenvalue weighted by Gasteiger charge is -2.35. The molecule has 0 aromatic rings. The van der Waals surface area contributed by atoms with Gasteiger partial charge in [-0.15, -0.1) is 6.58 Å². The number of rotatable bonds is 4. The molecule has 1 nitrogen and oxygen atoms in total. The molecule has 0 spiro atoms. The topological polar surface area (TPSA) is 9.23 Å². The second kappa shape index (κ2) is 4.61. The zero-order valence-electron chi connectivity index (χ0n) is 8.75. The maximum absolute atomic E-state index is 5.86. The van der Waals surface area contributed by atoms with Crippen molar-refractivity contribution in [1.29, 1.82) is 0 Å². The van der Waals surface area contributed by atoms with Crippen LogP contribution in [0.2, 0.25) is 0 Å². The van der Waals surface area contributed by atoms with Crippen molar-refractivity contribution in [3.05, 3.63) is 24.8 Å². The van der Waals surface area contributed by atoms with Crippen LogP contribution in [0.15, 0.2) is 24.8 Å². The Balaban J connectivity index is 2.62. The molecule has 0 fully saturated rings. The van der Waals surface area contributed by atoms with E-state index in [-0.39, 0.29) is 5.60 Å². The van der Waals surface area contributed by atoms with Crippen LogP contribution in [0.4, 0.5) is 0 Å². The summed E-state index contributed by atoms with van der Waals surface area (Å²) in [6, 6.07) is 0. The van der Waals surface area contributed by atoms with Crippen molar-refractivity contribution in [2.24, 2.45) is 5.92 Å². The summed E-state index contributed by atoms with van der Waals surface area (Å²) in [5.74, 6) is 0.687. The van der Waals surface area contributed by atoms with Gasteiger partial charge in [-0.05, 0) is 25.2 Å². The monoisotopic (exact) mass is 180 g/mol. The Hall–Kier alpha value is -0.560. The lowest BCUT2D eigenvalue weighted by atomic mass is 9.85. The fraction of sp³-hybridized carbons (Fsp3) is 0.667. The molecule has 0 amide bonds. The van der Waals surface area contributed by atoms with E-state index in [2.05, 4.69) is 32.6 Å². The van der Waals surface area contributed by atoms with Gasteiger partial charge in [-0.1, -0.05) is 32.1 Å². The molecule has 1 atom stereocenters. The van der Waals surface area contributed by atoms with E-state index in [4.69, 9.17) is 4.74 Å². The predicted octanol–water partition coefficient (Wildman–Crippen LogP) is 3.32. The van der Waals surface area contributed by atoms with Crippen molar-refractivity contribution in [3.8, 4) is 0 Å². The number of ether oxygens (including phenoxy) is 1. The van der Waals surface area contributed by atoms with Gasteiger partial charge in [0.25, 0.3) is 0 Å². The normalized spacial score (nSPS) is 27.9. The molecule has 1 aliphatic heterocycles. The van der Waals surface area contributed by atoms with Gasteiger partial charge in [-0.25, -0.2) is 0 Å². The van der Waals surface area contributed by atoms with Crippen molar-refractivity contribution < 1.29 is 4.74 Å². The van der Waals surface area contributed by atoms with Crippen LogP contribution in [0.5, 0.6) is 0 Å². The third-order valence-corrected chi connectivity index (χ3v) is 2.44. The van der Waals surface area contributed by atoms with Gasteiger partial charge in [0.1, 0.15) is 0 Å². The van der Waals surface area contributed by atoms with Gasteiger partial charge < -0.3 is 4.74 Å². The van der Waals surface area contributed by atoms with Gasteiger partial charge in [-0.2, -0.15) is 0 Å². The van der Waals surface area contributed by atoms with Gasteiger partial charge in [0.2, 0.25) is 0 Å². The first-order valence-corrected chi connectivity index (χ1v) is 5.08. The van der Waals surface area contributed by atoms with E-state index in [1.807, 2.05) is 6.08 Å². The molecule has 0 unspecified atom stereocenters. The van der Waals surface area contributed by atoms with Gasteiger partial charge in [0.05, 0.1) is 12.2 Å².